The lowest BCUT2D eigenvalue weighted by Crippen LogP contribution is -2.14. The lowest BCUT2D eigenvalue weighted by molar-refractivity contribution is 0.685. The van der Waals surface area contributed by atoms with Crippen molar-refractivity contribution in [1.29, 1.82) is 0 Å². The molecule has 8 aromatic rings. The molecule has 0 atom stereocenters. The third kappa shape index (κ3) is 4.86. The van der Waals surface area contributed by atoms with E-state index in [4.69, 9.17) is 0 Å². The van der Waals surface area contributed by atoms with Crippen LogP contribution in [-0.4, -0.2) is 0 Å². The van der Waals surface area contributed by atoms with Crippen LogP contribution in [0, 0.1) is 6.92 Å². The third-order valence-electron chi connectivity index (χ3n) is 10.3. The van der Waals surface area contributed by atoms with Crippen molar-refractivity contribution in [2.75, 3.05) is 4.90 Å². The molecule has 1 nitrogen and oxygen atoms in total. The molecule has 0 heterocycles. The van der Waals surface area contributed by atoms with Crippen LogP contribution >= 0.6 is 0 Å². The summed E-state index contributed by atoms with van der Waals surface area (Å²) >= 11 is 0. The standard InChI is InChI=1S/C47H37N/c1-32-29-35-15-5-6-16-36(35)31-47(32)48(46-22-12-11-17-39(46)34-13-3-2-4-14-34)38-26-23-33(24-27-38)37-25-28-44-42-20-8-7-18-40(42)41-19-9-10-21-43(41)45(44)30-37/h2-4,7-14,17-31H,5-6,15-16H2,1H3. The van der Waals surface area contributed by atoms with Crippen LogP contribution in [0.25, 0.3) is 54.6 Å². The molecule has 8 aromatic carbocycles. The fourth-order valence-electron chi connectivity index (χ4n) is 7.97. The topological polar surface area (TPSA) is 3.24 Å². The van der Waals surface area contributed by atoms with Gasteiger partial charge >= 0.3 is 0 Å². The zero-order valence-electron chi connectivity index (χ0n) is 27.3. The van der Waals surface area contributed by atoms with Gasteiger partial charge in [0.2, 0.25) is 0 Å². The molecule has 1 aliphatic rings. The van der Waals surface area contributed by atoms with Crippen LogP contribution in [-0.2, 0) is 12.8 Å². The van der Waals surface area contributed by atoms with Gasteiger partial charge in [0.25, 0.3) is 0 Å². The van der Waals surface area contributed by atoms with Gasteiger partial charge in [0.05, 0.1) is 5.69 Å². The highest BCUT2D eigenvalue weighted by atomic mass is 15.1. The largest absolute Gasteiger partial charge is 0.310 e. The smallest absolute Gasteiger partial charge is 0.0540 e. The SMILES string of the molecule is Cc1cc2c(cc1N(c1ccc(-c3ccc4c5ccccc5c5ccccc5c4c3)cc1)c1ccccc1-c1ccccc1)CCCC2. The van der Waals surface area contributed by atoms with Gasteiger partial charge in [-0.05, 0) is 129 Å². The Morgan fingerprint density at radius 3 is 1.62 bits per heavy atom. The quantitative estimate of drug-likeness (QED) is 0.174. The van der Waals surface area contributed by atoms with Crippen molar-refractivity contribution in [2.45, 2.75) is 32.6 Å². The van der Waals surface area contributed by atoms with Gasteiger partial charge in [-0.25, -0.2) is 0 Å². The molecule has 0 aliphatic heterocycles. The van der Waals surface area contributed by atoms with Crippen molar-refractivity contribution in [1.82, 2.24) is 0 Å². The lowest BCUT2D eigenvalue weighted by Gasteiger charge is -2.31. The van der Waals surface area contributed by atoms with Gasteiger partial charge < -0.3 is 4.90 Å². The Morgan fingerprint density at radius 1 is 0.396 bits per heavy atom. The van der Waals surface area contributed by atoms with E-state index in [1.54, 1.807) is 0 Å². The number of hydrogen-bond donors (Lipinski definition) is 0. The van der Waals surface area contributed by atoms with Crippen molar-refractivity contribution >= 4 is 49.4 Å². The van der Waals surface area contributed by atoms with E-state index in [0.717, 1.165) is 6.42 Å². The van der Waals surface area contributed by atoms with E-state index in [-0.39, 0.29) is 0 Å². The molecular weight excluding hydrogens is 579 g/mol. The molecule has 0 amide bonds. The first kappa shape index (κ1) is 28.6. The van der Waals surface area contributed by atoms with Crippen LogP contribution in [0.15, 0.2) is 158 Å². The van der Waals surface area contributed by atoms with Gasteiger partial charge in [-0.2, -0.15) is 0 Å². The third-order valence-corrected chi connectivity index (χ3v) is 10.3. The van der Waals surface area contributed by atoms with Gasteiger partial charge in [-0.1, -0.05) is 127 Å². The van der Waals surface area contributed by atoms with E-state index >= 15 is 0 Å². The summed E-state index contributed by atoms with van der Waals surface area (Å²) in [6.07, 6.45) is 4.89. The highest BCUT2D eigenvalue weighted by molar-refractivity contribution is 6.25. The Bertz CT molecular complexity index is 2420. The average Bonchev–Trinajstić information content (AvgIpc) is 3.16. The first-order chi connectivity index (χ1) is 23.7. The number of nitrogens with zero attached hydrogens (tertiary/aromatic N) is 1. The van der Waals surface area contributed by atoms with Crippen LogP contribution in [0.3, 0.4) is 0 Å². The van der Waals surface area contributed by atoms with Gasteiger partial charge in [0, 0.05) is 16.9 Å². The molecule has 48 heavy (non-hydrogen) atoms. The second-order valence-electron chi connectivity index (χ2n) is 13.2. The predicted molar refractivity (Wildman–Crippen MR) is 206 cm³/mol. The molecule has 0 aromatic heterocycles. The first-order valence-corrected chi connectivity index (χ1v) is 17.2. The fourth-order valence-corrected chi connectivity index (χ4v) is 7.97. The van der Waals surface area contributed by atoms with E-state index in [1.807, 2.05) is 0 Å². The number of fused-ring (bicyclic) bond motifs is 7. The molecule has 0 unspecified atom stereocenters. The van der Waals surface area contributed by atoms with Crippen molar-refractivity contribution in [3.05, 3.63) is 174 Å². The Hall–Kier alpha value is -5.66. The summed E-state index contributed by atoms with van der Waals surface area (Å²) in [7, 11) is 0. The molecule has 0 saturated carbocycles. The number of anilines is 3. The minimum atomic E-state index is 1.15. The summed E-state index contributed by atoms with van der Waals surface area (Å²) in [5.74, 6) is 0. The second kappa shape index (κ2) is 11.9. The maximum atomic E-state index is 2.48. The molecule has 0 saturated heterocycles. The summed E-state index contributed by atoms with van der Waals surface area (Å²) in [5.41, 5.74) is 12.9. The van der Waals surface area contributed by atoms with Crippen molar-refractivity contribution in [2.24, 2.45) is 0 Å². The zero-order chi connectivity index (χ0) is 32.0. The summed E-state index contributed by atoms with van der Waals surface area (Å²) in [6, 6.07) is 58.3. The van der Waals surface area contributed by atoms with E-state index in [0.29, 0.717) is 0 Å². The maximum Gasteiger partial charge on any atom is 0.0540 e. The highest BCUT2D eigenvalue weighted by Crippen LogP contribution is 2.44. The lowest BCUT2D eigenvalue weighted by atomic mass is 9.89. The molecule has 1 heteroatoms. The highest BCUT2D eigenvalue weighted by Gasteiger charge is 2.21. The average molecular weight is 616 g/mol. The number of aryl methyl sites for hydroxylation is 3. The molecule has 9 rings (SSSR count). The summed E-state index contributed by atoms with van der Waals surface area (Å²) in [6.45, 7) is 2.28. The normalized spacial score (nSPS) is 12.8. The van der Waals surface area contributed by atoms with Gasteiger partial charge in [-0.3, -0.25) is 0 Å². The van der Waals surface area contributed by atoms with Crippen LogP contribution in [0.2, 0.25) is 0 Å². The molecule has 0 N–H and O–H groups in total. The minimum Gasteiger partial charge on any atom is -0.310 e. The maximum absolute atomic E-state index is 2.48. The van der Waals surface area contributed by atoms with Crippen LogP contribution in [0.4, 0.5) is 17.1 Å². The van der Waals surface area contributed by atoms with E-state index in [9.17, 15) is 0 Å². The van der Waals surface area contributed by atoms with Crippen molar-refractivity contribution in [3.63, 3.8) is 0 Å². The van der Waals surface area contributed by atoms with E-state index in [1.165, 1.54) is 108 Å². The molecule has 0 spiro atoms. The molecule has 0 fully saturated rings. The summed E-state index contributed by atoms with van der Waals surface area (Å²) in [5, 5.41) is 7.83. The Kier molecular flexibility index (Phi) is 7.05. The van der Waals surface area contributed by atoms with Crippen LogP contribution in [0.1, 0.15) is 29.5 Å². The fraction of sp³-hybridized carbons (Fsp3) is 0.106. The Labute approximate surface area is 282 Å². The monoisotopic (exact) mass is 615 g/mol. The molecule has 0 bridgehead atoms. The zero-order valence-corrected chi connectivity index (χ0v) is 27.3. The number of para-hydroxylation sites is 1. The number of rotatable bonds is 5. The molecule has 230 valence electrons. The number of benzene rings is 8. The van der Waals surface area contributed by atoms with Crippen LogP contribution in [0.5, 0.6) is 0 Å². The summed E-state index contributed by atoms with van der Waals surface area (Å²) in [4.78, 5) is 2.48. The van der Waals surface area contributed by atoms with Gasteiger partial charge in [0.15, 0.2) is 0 Å². The predicted octanol–water partition coefficient (Wildman–Crippen LogP) is 13.1. The molecule has 1 aliphatic carbocycles. The molecular formula is C47H37N. The van der Waals surface area contributed by atoms with Crippen molar-refractivity contribution < 1.29 is 0 Å². The van der Waals surface area contributed by atoms with Gasteiger partial charge in [0.1, 0.15) is 0 Å². The Morgan fingerprint density at radius 2 is 0.938 bits per heavy atom. The summed E-state index contributed by atoms with van der Waals surface area (Å²) < 4.78 is 0. The van der Waals surface area contributed by atoms with Crippen molar-refractivity contribution in [3.8, 4) is 22.3 Å². The first-order valence-electron chi connectivity index (χ1n) is 17.2. The Balaban J connectivity index is 1.19. The second-order valence-corrected chi connectivity index (χ2v) is 13.2. The van der Waals surface area contributed by atoms with Gasteiger partial charge in [-0.15, -0.1) is 0 Å². The minimum absolute atomic E-state index is 1.15. The van der Waals surface area contributed by atoms with E-state index in [2.05, 4.69) is 170 Å². The van der Waals surface area contributed by atoms with E-state index < -0.39 is 0 Å². The molecule has 0 radical (unpaired) electrons. The van der Waals surface area contributed by atoms with Crippen LogP contribution < -0.4 is 4.90 Å². The number of hydrogen-bond acceptors (Lipinski definition) is 1.